The summed E-state index contributed by atoms with van der Waals surface area (Å²) in [6, 6.07) is 8.42. The van der Waals surface area contributed by atoms with E-state index in [-0.39, 0.29) is 12.1 Å². The molecule has 1 aromatic rings. The van der Waals surface area contributed by atoms with Gasteiger partial charge in [0.15, 0.2) is 0 Å². The van der Waals surface area contributed by atoms with Crippen LogP contribution in [-0.2, 0) is 6.54 Å². The van der Waals surface area contributed by atoms with Crippen molar-refractivity contribution >= 4 is 0 Å². The molecule has 2 atom stereocenters. The fourth-order valence-electron chi connectivity index (χ4n) is 2.65. The van der Waals surface area contributed by atoms with E-state index in [0.29, 0.717) is 6.61 Å². The van der Waals surface area contributed by atoms with Gasteiger partial charge in [0.25, 0.3) is 0 Å². The molecule has 1 aliphatic rings. The predicted molar refractivity (Wildman–Crippen MR) is 77.3 cm³/mol. The molecule has 3 nitrogen and oxygen atoms in total. The number of hydrogen-bond donors (Lipinski definition) is 2. The van der Waals surface area contributed by atoms with E-state index in [9.17, 15) is 5.11 Å². The van der Waals surface area contributed by atoms with Crippen LogP contribution in [-0.4, -0.2) is 23.9 Å². The first kappa shape index (κ1) is 14.4. The standard InChI is InChI=1S/C16H25NO2/c1-2-19-14-10-8-13(9-11-14)12-17-15-6-4-3-5-7-16(15)18/h8-11,15-18H,2-7,12H2,1H3. The normalized spacial score (nSPS) is 23.9. The van der Waals surface area contributed by atoms with Gasteiger partial charge in [-0.25, -0.2) is 0 Å². The predicted octanol–water partition coefficient (Wildman–Crippen LogP) is 2.87. The second-order valence-electron chi connectivity index (χ2n) is 5.27. The Kier molecular flexibility index (Phi) is 5.67. The van der Waals surface area contributed by atoms with E-state index < -0.39 is 0 Å². The summed E-state index contributed by atoms with van der Waals surface area (Å²) in [7, 11) is 0. The first-order valence-corrected chi connectivity index (χ1v) is 7.43. The number of benzene rings is 1. The maximum absolute atomic E-state index is 10.1. The number of ether oxygens (including phenoxy) is 1. The number of hydrogen-bond acceptors (Lipinski definition) is 3. The third-order valence-corrected chi connectivity index (χ3v) is 3.78. The molecule has 0 aliphatic heterocycles. The van der Waals surface area contributed by atoms with Crippen LogP contribution < -0.4 is 10.1 Å². The molecule has 0 amide bonds. The van der Waals surface area contributed by atoms with Gasteiger partial charge in [-0.2, -0.15) is 0 Å². The average molecular weight is 263 g/mol. The highest BCUT2D eigenvalue weighted by Gasteiger charge is 2.20. The monoisotopic (exact) mass is 263 g/mol. The Morgan fingerprint density at radius 2 is 1.89 bits per heavy atom. The van der Waals surface area contributed by atoms with Crippen molar-refractivity contribution in [1.29, 1.82) is 0 Å². The van der Waals surface area contributed by atoms with Crippen LogP contribution in [0.15, 0.2) is 24.3 Å². The minimum absolute atomic E-state index is 0.190. The Hall–Kier alpha value is -1.06. The topological polar surface area (TPSA) is 41.5 Å². The lowest BCUT2D eigenvalue weighted by Gasteiger charge is -2.21. The molecule has 1 fully saturated rings. The van der Waals surface area contributed by atoms with Crippen molar-refractivity contribution in [2.24, 2.45) is 0 Å². The minimum atomic E-state index is -0.190. The van der Waals surface area contributed by atoms with Gasteiger partial charge in [-0.1, -0.05) is 31.4 Å². The molecule has 0 radical (unpaired) electrons. The molecule has 0 heterocycles. The lowest BCUT2D eigenvalue weighted by Crippen LogP contribution is -2.38. The average Bonchev–Trinajstić information content (AvgIpc) is 2.63. The van der Waals surface area contributed by atoms with Gasteiger partial charge in [0.2, 0.25) is 0 Å². The van der Waals surface area contributed by atoms with Crippen LogP contribution in [0.2, 0.25) is 0 Å². The molecule has 1 saturated carbocycles. The van der Waals surface area contributed by atoms with Gasteiger partial charge in [0.1, 0.15) is 5.75 Å². The number of aliphatic hydroxyl groups excluding tert-OH is 1. The van der Waals surface area contributed by atoms with Gasteiger partial charge >= 0.3 is 0 Å². The molecule has 1 aromatic carbocycles. The van der Waals surface area contributed by atoms with Gasteiger partial charge in [0.05, 0.1) is 12.7 Å². The summed E-state index contributed by atoms with van der Waals surface area (Å²) in [6.07, 6.45) is 5.45. The van der Waals surface area contributed by atoms with Crippen LogP contribution >= 0.6 is 0 Å². The highest BCUT2D eigenvalue weighted by atomic mass is 16.5. The van der Waals surface area contributed by atoms with Crippen molar-refractivity contribution in [2.75, 3.05) is 6.61 Å². The summed E-state index contributed by atoms with van der Waals surface area (Å²) >= 11 is 0. The summed E-state index contributed by atoms with van der Waals surface area (Å²) in [5.74, 6) is 0.917. The molecule has 2 rings (SSSR count). The quantitative estimate of drug-likeness (QED) is 0.803. The van der Waals surface area contributed by atoms with Gasteiger partial charge in [0, 0.05) is 12.6 Å². The summed E-state index contributed by atoms with van der Waals surface area (Å²) < 4.78 is 5.43. The molecule has 1 aliphatic carbocycles. The largest absolute Gasteiger partial charge is 0.494 e. The summed E-state index contributed by atoms with van der Waals surface area (Å²) in [5.41, 5.74) is 1.24. The molecular weight excluding hydrogens is 238 g/mol. The molecule has 19 heavy (non-hydrogen) atoms. The van der Waals surface area contributed by atoms with Gasteiger partial charge in [-0.3, -0.25) is 0 Å². The lowest BCUT2D eigenvalue weighted by atomic mass is 10.1. The maximum atomic E-state index is 10.1. The zero-order chi connectivity index (χ0) is 13.5. The molecular formula is C16H25NO2. The Bertz CT molecular complexity index is 364. The lowest BCUT2D eigenvalue weighted by molar-refractivity contribution is 0.119. The Morgan fingerprint density at radius 3 is 2.63 bits per heavy atom. The van der Waals surface area contributed by atoms with Crippen molar-refractivity contribution in [3.8, 4) is 5.75 Å². The zero-order valence-electron chi connectivity index (χ0n) is 11.8. The van der Waals surface area contributed by atoms with Crippen LogP contribution in [0.1, 0.15) is 44.6 Å². The van der Waals surface area contributed by atoms with Crippen molar-refractivity contribution in [3.63, 3.8) is 0 Å². The molecule has 2 unspecified atom stereocenters. The molecule has 0 saturated heterocycles. The summed E-state index contributed by atoms with van der Waals surface area (Å²) in [5, 5.41) is 13.5. The second-order valence-corrected chi connectivity index (χ2v) is 5.27. The first-order chi connectivity index (χ1) is 9.29. The van der Waals surface area contributed by atoms with E-state index >= 15 is 0 Å². The Morgan fingerprint density at radius 1 is 1.16 bits per heavy atom. The fourth-order valence-corrected chi connectivity index (χ4v) is 2.65. The van der Waals surface area contributed by atoms with E-state index in [2.05, 4.69) is 17.4 Å². The second kappa shape index (κ2) is 7.51. The molecule has 0 bridgehead atoms. The van der Waals surface area contributed by atoms with Gasteiger partial charge < -0.3 is 15.2 Å². The smallest absolute Gasteiger partial charge is 0.119 e. The molecule has 106 valence electrons. The molecule has 0 spiro atoms. The van der Waals surface area contributed by atoms with Gasteiger partial charge in [-0.05, 0) is 37.5 Å². The molecule has 3 heteroatoms. The maximum Gasteiger partial charge on any atom is 0.119 e. The number of nitrogens with one attached hydrogen (secondary N) is 1. The van der Waals surface area contributed by atoms with E-state index in [1.54, 1.807) is 0 Å². The Balaban J connectivity index is 1.83. The summed E-state index contributed by atoms with van der Waals surface area (Å²) in [6.45, 7) is 3.50. The number of rotatable bonds is 5. The van der Waals surface area contributed by atoms with Crippen LogP contribution in [0.3, 0.4) is 0 Å². The van der Waals surface area contributed by atoms with Crippen molar-refractivity contribution < 1.29 is 9.84 Å². The van der Waals surface area contributed by atoms with Crippen molar-refractivity contribution in [3.05, 3.63) is 29.8 Å². The molecule has 2 N–H and O–H groups in total. The molecule has 0 aromatic heterocycles. The number of aliphatic hydroxyl groups is 1. The Labute approximate surface area is 116 Å². The van der Waals surface area contributed by atoms with E-state index in [0.717, 1.165) is 31.6 Å². The van der Waals surface area contributed by atoms with Gasteiger partial charge in [-0.15, -0.1) is 0 Å². The zero-order valence-corrected chi connectivity index (χ0v) is 11.8. The summed E-state index contributed by atoms with van der Waals surface area (Å²) in [4.78, 5) is 0. The van der Waals surface area contributed by atoms with Crippen molar-refractivity contribution in [1.82, 2.24) is 5.32 Å². The first-order valence-electron chi connectivity index (χ1n) is 7.43. The van der Waals surface area contributed by atoms with E-state index in [4.69, 9.17) is 4.74 Å². The highest BCUT2D eigenvalue weighted by Crippen LogP contribution is 2.19. The van der Waals surface area contributed by atoms with Crippen LogP contribution in [0.25, 0.3) is 0 Å². The van der Waals surface area contributed by atoms with Crippen LogP contribution in [0.5, 0.6) is 5.75 Å². The van der Waals surface area contributed by atoms with E-state index in [1.165, 1.54) is 18.4 Å². The van der Waals surface area contributed by atoms with Crippen LogP contribution in [0, 0.1) is 0 Å². The minimum Gasteiger partial charge on any atom is -0.494 e. The van der Waals surface area contributed by atoms with Crippen molar-refractivity contribution in [2.45, 2.75) is 57.7 Å². The fraction of sp³-hybridized carbons (Fsp3) is 0.625. The van der Waals surface area contributed by atoms with E-state index in [1.807, 2.05) is 19.1 Å². The third-order valence-electron chi connectivity index (χ3n) is 3.78. The SMILES string of the molecule is CCOc1ccc(CNC2CCCCCC2O)cc1. The third kappa shape index (κ3) is 4.51. The van der Waals surface area contributed by atoms with Crippen LogP contribution in [0.4, 0.5) is 0 Å². The highest BCUT2D eigenvalue weighted by molar-refractivity contribution is 5.27.